The van der Waals surface area contributed by atoms with Crippen LogP contribution < -0.4 is 15.0 Å². The Morgan fingerprint density at radius 3 is 2.77 bits per heavy atom. The molecule has 2 aromatic rings. The summed E-state index contributed by atoms with van der Waals surface area (Å²) in [5, 5.41) is 10.6. The molecule has 22 heavy (non-hydrogen) atoms. The zero-order valence-electron chi connectivity index (χ0n) is 12.3. The van der Waals surface area contributed by atoms with Crippen LogP contribution in [0, 0.1) is 0 Å². The number of aromatic amines is 1. The van der Waals surface area contributed by atoms with Crippen LogP contribution in [0.3, 0.4) is 0 Å². The molecule has 0 aliphatic heterocycles. The predicted molar refractivity (Wildman–Crippen MR) is 79.7 cm³/mol. The van der Waals surface area contributed by atoms with Gasteiger partial charge in [-0.25, -0.2) is 4.79 Å². The van der Waals surface area contributed by atoms with Gasteiger partial charge in [-0.1, -0.05) is 13.3 Å². The Balaban J connectivity index is 2.30. The fourth-order valence-electron chi connectivity index (χ4n) is 1.88. The van der Waals surface area contributed by atoms with Crippen molar-refractivity contribution in [3.63, 3.8) is 0 Å². The van der Waals surface area contributed by atoms with Crippen molar-refractivity contribution in [3.05, 3.63) is 28.6 Å². The highest BCUT2D eigenvalue weighted by atomic mass is 16.7. The summed E-state index contributed by atoms with van der Waals surface area (Å²) in [6.07, 6.45) is 0.592. The van der Waals surface area contributed by atoms with Gasteiger partial charge in [0.25, 0.3) is 5.56 Å². The van der Waals surface area contributed by atoms with Crippen LogP contribution in [0.2, 0.25) is 0 Å². The molecule has 0 aliphatic carbocycles. The molecule has 0 fully saturated rings. The highest BCUT2D eigenvalue weighted by molar-refractivity contribution is 5.90. The van der Waals surface area contributed by atoms with Gasteiger partial charge in [-0.15, -0.1) is 0 Å². The highest BCUT2D eigenvalue weighted by Gasteiger charge is 2.16. The lowest BCUT2D eigenvalue weighted by Gasteiger charge is -2.09. The van der Waals surface area contributed by atoms with Crippen molar-refractivity contribution in [2.24, 2.45) is 0 Å². The molecule has 1 aromatic carbocycles. The third-order valence-corrected chi connectivity index (χ3v) is 3.07. The van der Waals surface area contributed by atoms with Crippen LogP contribution in [-0.2, 0) is 4.74 Å². The molecule has 7 heteroatoms. The first-order valence-electron chi connectivity index (χ1n) is 6.84. The van der Waals surface area contributed by atoms with Gasteiger partial charge in [-0.05, 0) is 24.6 Å². The van der Waals surface area contributed by atoms with Gasteiger partial charge < -0.3 is 19.3 Å². The minimum Gasteiger partial charge on any atom is -0.503 e. The van der Waals surface area contributed by atoms with E-state index in [1.165, 1.54) is 19.2 Å². The van der Waals surface area contributed by atoms with Crippen molar-refractivity contribution in [2.45, 2.75) is 19.8 Å². The second kappa shape index (κ2) is 6.84. The Hall–Kier alpha value is -2.70. The van der Waals surface area contributed by atoms with Gasteiger partial charge in [0.05, 0.1) is 19.1 Å². The van der Waals surface area contributed by atoms with Crippen molar-refractivity contribution in [1.29, 1.82) is 0 Å². The van der Waals surface area contributed by atoms with E-state index >= 15 is 0 Å². The van der Waals surface area contributed by atoms with E-state index in [4.69, 9.17) is 14.2 Å². The molecule has 0 saturated heterocycles. The quantitative estimate of drug-likeness (QED) is 0.650. The Kier molecular flexibility index (Phi) is 4.88. The fourth-order valence-corrected chi connectivity index (χ4v) is 1.88. The first-order chi connectivity index (χ1) is 10.6. The summed E-state index contributed by atoms with van der Waals surface area (Å²) < 4.78 is 14.7. The van der Waals surface area contributed by atoms with Gasteiger partial charge in [-0.3, -0.25) is 9.78 Å². The third kappa shape index (κ3) is 3.30. The van der Waals surface area contributed by atoms with Crippen LogP contribution in [0.15, 0.2) is 23.0 Å². The number of carbonyl (C=O) groups excluding carboxylic acids is 1. The number of rotatable bonds is 5. The molecule has 0 atom stereocenters. The smallest absolute Gasteiger partial charge is 0.503 e. The molecular formula is C15H17NO6. The number of nitrogens with one attached hydrogen (secondary N) is 1. The molecule has 2 N–H and O–H groups in total. The van der Waals surface area contributed by atoms with E-state index in [1.807, 2.05) is 6.92 Å². The average molecular weight is 307 g/mol. The van der Waals surface area contributed by atoms with Crippen molar-refractivity contribution < 1.29 is 24.1 Å². The van der Waals surface area contributed by atoms with E-state index in [2.05, 4.69) is 4.98 Å². The maximum Gasteiger partial charge on any atom is 0.515 e. The second-order valence-electron chi connectivity index (χ2n) is 4.60. The molecule has 0 radical (unpaired) electrons. The number of hydrogen-bond acceptors (Lipinski definition) is 6. The van der Waals surface area contributed by atoms with Gasteiger partial charge in [0.2, 0.25) is 5.88 Å². The summed E-state index contributed by atoms with van der Waals surface area (Å²) in [4.78, 5) is 25.8. The number of carbonyl (C=O) groups is 1. The molecule has 0 aliphatic rings. The summed E-state index contributed by atoms with van der Waals surface area (Å²) in [6, 6.07) is 4.58. The number of aromatic nitrogens is 1. The molecule has 0 bridgehead atoms. The van der Waals surface area contributed by atoms with E-state index in [9.17, 15) is 14.7 Å². The largest absolute Gasteiger partial charge is 0.515 e. The number of fused-ring (bicyclic) bond motifs is 1. The van der Waals surface area contributed by atoms with Gasteiger partial charge in [0.1, 0.15) is 5.75 Å². The van der Waals surface area contributed by atoms with Crippen molar-refractivity contribution in [1.82, 2.24) is 4.98 Å². The SMILES string of the molecule is CCCCOC(=O)Oc1[nH]c(=O)c2cc(OC)ccc2c1O. The molecule has 118 valence electrons. The minimum atomic E-state index is -0.979. The topological polar surface area (TPSA) is 97.9 Å². The number of hydrogen-bond donors (Lipinski definition) is 2. The lowest BCUT2D eigenvalue weighted by Crippen LogP contribution is -2.15. The lowest BCUT2D eigenvalue weighted by molar-refractivity contribution is 0.0951. The lowest BCUT2D eigenvalue weighted by atomic mass is 10.1. The molecule has 2 rings (SSSR count). The number of aromatic hydroxyl groups is 1. The Labute approximate surface area is 126 Å². The number of unbranched alkanes of at least 4 members (excludes halogenated alkanes) is 1. The molecule has 7 nitrogen and oxygen atoms in total. The fraction of sp³-hybridized carbons (Fsp3) is 0.333. The van der Waals surface area contributed by atoms with E-state index in [-0.39, 0.29) is 29.0 Å². The molecule has 0 saturated carbocycles. The summed E-state index contributed by atoms with van der Waals surface area (Å²) in [5.74, 6) is -0.209. The monoisotopic (exact) mass is 307 g/mol. The third-order valence-electron chi connectivity index (χ3n) is 3.07. The Morgan fingerprint density at radius 1 is 1.32 bits per heavy atom. The zero-order valence-corrected chi connectivity index (χ0v) is 12.3. The van der Waals surface area contributed by atoms with Crippen molar-refractivity contribution in [3.8, 4) is 17.4 Å². The molecular weight excluding hydrogens is 290 g/mol. The molecule has 0 amide bonds. The van der Waals surface area contributed by atoms with Gasteiger partial charge >= 0.3 is 6.16 Å². The Bertz CT molecular complexity index is 737. The van der Waals surface area contributed by atoms with E-state index in [0.29, 0.717) is 12.2 Å². The van der Waals surface area contributed by atoms with Crippen molar-refractivity contribution >= 4 is 16.9 Å². The number of ether oxygens (including phenoxy) is 3. The normalized spacial score (nSPS) is 10.5. The maximum absolute atomic E-state index is 12.0. The standard InChI is InChI=1S/C15H17NO6/c1-3-4-7-21-15(19)22-14-12(17)10-6-5-9(20-2)8-11(10)13(18)16-14/h5-6,8,17H,3-4,7H2,1-2H3,(H,16,18). The highest BCUT2D eigenvalue weighted by Crippen LogP contribution is 2.32. The average Bonchev–Trinajstić information content (AvgIpc) is 2.52. The number of pyridine rings is 1. The maximum atomic E-state index is 12.0. The second-order valence-corrected chi connectivity index (χ2v) is 4.60. The predicted octanol–water partition coefficient (Wildman–Crippen LogP) is 2.56. The molecule has 0 spiro atoms. The Morgan fingerprint density at radius 2 is 2.09 bits per heavy atom. The number of benzene rings is 1. The summed E-state index contributed by atoms with van der Waals surface area (Å²) in [6.45, 7) is 2.17. The van der Waals surface area contributed by atoms with E-state index in [1.54, 1.807) is 6.07 Å². The van der Waals surface area contributed by atoms with Crippen LogP contribution in [-0.4, -0.2) is 30.0 Å². The summed E-state index contributed by atoms with van der Waals surface area (Å²) in [5.41, 5.74) is -0.511. The van der Waals surface area contributed by atoms with E-state index < -0.39 is 11.7 Å². The zero-order chi connectivity index (χ0) is 16.1. The van der Waals surface area contributed by atoms with E-state index in [0.717, 1.165) is 6.42 Å². The summed E-state index contributed by atoms with van der Waals surface area (Å²) in [7, 11) is 1.47. The van der Waals surface area contributed by atoms with Crippen LogP contribution in [0.1, 0.15) is 19.8 Å². The van der Waals surface area contributed by atoms with Crippen LogP contribution in [0.5, 0.6) is 17.4 Å². The number of H-pyrrole nitrogens is 1. The van der Waals surface area contributed by atoms with Crippen molar-refractivity contribution in [2.75, 3.05) is 13.7 Å². The van der Waals surface area contributed by atoms with Gasteiger partial charge in [-0.2, -0.15) is 0 Å². The summed E-state index contributed by atoms with van der Waals surface area (Å²) >= 11 is 0. The first kappa shape index (κ1) is 15.7. The molecule has 1 heterocycles. The minimum absolute atomic E-state index is 0.213. The first-order valence-corrected chi connectivity index (χ1v) is 6.84. The molecule has 1 aromatic heterocycles. The molecule has 0 unspecified atom stereocenters. The van der Waals surface area contributed by atoms with Gasteiger partial charge in [0, 0.05) is 5.39 Å². The number of methoxy groups -OCH3 is 1. The van der Waals surface area contributed by atoms with Crippen LogP contribution in [0.4, 0.5) is 4.79 Å². The van der Waals surface area contributed by atoms with Gasteiger partial charge in [0.15, 0.2) is 5.75 Å². The van der Waals surface area contributed by atoms with Crippen LogP contribution in [0.25, 0.3) is 10.8 Å². The van der Waals surface area contributed by atoms with Crippen LogP contribution >= 0.6 is 0 Å².